The number of sulfone groups is 1. The van der Waals surface area contributed by atoms with Crippen LogP contribution in [0.25, 0.3) is 10.9 Å². The third kappa shape index (κ3) is 4.51. The third-order valence-corrected chi connectivity index (χ3v) is 4.61. The van der Waals surface area contributed by atoms with Crippen molar-refractivity contribution in [1.82, 2.24) is 10.3 Å². The summed E-state index contributed by atoms with van der Waals surface area (Å²) in [6.45, 7) is 5.72. The van der Waals surface area contributed by atoms with E-state index in [1.54, 1.807) is 13.0 Å². The molecule has 124 valence electrons. The number of nitrogens with one attached hydrogen (secondary N) is 1. The van der Waals surface area contributed by atoms with Crippen molar-refractivity contribution >= 4 is 26.6 Å². The molecule has 23 heavy (non-hydrogen) atoms. The molecule has 0 unspecified atom stereocenters. The molecule has 0 spiro atoms. The van der Waals surface area contributed by atoms with Crippen molar-refractivity contribution in [2.24, 2.45) is 0 Å². The Morgan fingerprint density at radius 2 is 1.87 bits per heavy atom. The summed E-state index contributed by atoms with van der Waals surface area (Å²) in [7, 11) is -3.14. The van der Waals surface area contributed by atoms with Crippen LogP contribution in [0, 0.1) is 0 Å². The Balaban J connectivity index is 2.39. The number of nitrogens with zero attached hydrogens (tertiary/aromatic N) is 1. The number of fused-ring (bicyclic) bond motifs is 1. The Morgan fingerprint density at radius 1 is 1.22 bits per heavy atom. The SMILES string of the molecule is CC(C)c1cc(C(=O)N[C@H](C)CS(C)(=O)=O)c2ccccc2n1. The lowest BCUT2D eigenvalue weighted by atomic mass is 10.0. The Bertz CT molecular complexity index is 829. The van der Waals surface area contributed by atoms with E-state index in [1.165, 1.54) is 0 Å². The summed E-state index contributed by atoms with van der Waals surface area (Å²) < 4.78 is 22.7. The maximum atomic E-state index is 12.6. The molecule has 0 aliphatic carbocycles. The fourth-order valence-electron chi connectivity index (χ4n) is 2.48. The van der Waals surface area contributed by atoms with Crippen LogP contribution < -0.4 is 5.32 Å². The van der Waals surface area contributed by atoms with Crippen molar-refractivity contribution in [3.05, 3.63) is 41.6 Å². The number of hydrogen-bond acceptors (Lipinski definition) is 4. The lowest BCUT2D eigenvalue weighted by Crippen LogP contribution is -2.37. The van der Waals surface area contributed by atoms with Crippen molar-refractivity contribution < 1.29 is 13.2 Å². The normalized spacial score (nSPS) is 13.3. The minimum atomic E-state index is -3.14. The number of carbonyl (C=O) groups excluding carboxylic acids is 1. The van der Waals surface area contributed by atoms with E-state index in [-0.39, 0.29) is 17.6 Å². The molecular formula is C17H22N2O3S. The average molecular weight is 334 g/mol. The summed E-state index contributed by atoms with van der Waals surface area (Å²) >= 11 is 0. The number of amides is 1. The summed E-state index contributed by atoms with van der Waals surface area (Å²) in [6, 6.07) is 8.80. The van der Waals surface area contributed by atoms with Crippen LogP contribution in [0.1, 0.15) is 42.7 Å². The lowest BCUT2D eigenvalue weighted by Gasteiger charge is -2.15. The highest BCUT2D eigenvalue weighted by Gasteiger charge is 2.18. The second-order valence-electron chi connectivity index (χ2n) is 6.23. The number of hydrogen-bond donors (Lipinski definition) is 1. The van der Waals surface area contributed by atoms with Gasteiger partial charge in [0.25, 0.3) is 5.91 Å². The number of pyridine rings is 1. The lowest BCUT2D eigenvalue weighted by molar-refractivity contribution is 0.0945. The average Bonchev–Trinajstić information content (AvgIpc) is 2.43. The molecule has 0 aliphatic heterocycles. The fraction of sp³-hybridized carbons (Fsp3) is 0.412. The number of aromatic nitrogens is 1. The minimum absolute atomic E-state index is 0.0845. The van der Waals surface area contributed by atoms with Gasteiger partial charge in [0.15, 0.2) is 0 Å². The Hall–Kier alpha value is -1.95. The van der Waals surface area contributed by atoms with Gasteiger partial charge in [0.2, 0.25) is 0 Å². The molecule has 0 fully saturated rings. The first-order valence-electron chi connectivity index (χ1n) is 7.55. The first-order chi connectivity index (χ1) is 10.7. The molecule has 1 aromatic carbocycles. The Morgan fingerprint density at radius 3 is 2.48 bits per heavy atom. The number of para-hydroxylation sites is 1. The Labute approximate surface area is 137 Å². The number of benzene rings is 1. The highest BCUT2D eigenvalue weighted by Crippen LogP contribution is 2.22. The van der Waals surface area contributed by atoms with Crippen molar-refractivity contribution in [2.75, 3.05) is 12.0 Å². The minimum Gasteiger partial charge on any atom is -0.349 e. The van der Waals surface area contributed by atoms with Crippen molar-refractivity contribution in [1.29, 1.82) is 0 Å². The van der Waals surface area contributed by atoms with Crippen LogP contribution in [0.3, 0.4) is 0 Å². The van der Waals surface area contributed by atoms with Crippen LogP contribution in [-0.2, 0) is 9.84 Å². The molecule has 1 aromatic heterocycles. The fourth-order valence-corrected chi connectivity index (χ4v) is 3.47. The molecule has 0 saturated heterocycles. The molecular weight excluding hydrogens is 312 g/mol. The van der Waals surface area contributed by atoms with Gasteiger partial charge in [-0.1, -0.05) is 32.0 Å². The van der Waals surface area contributed by atoms with E-state index in [2.05, 4.69) is 10.3 Å². The van der Waals surface area contributed by atoms with Crippen LogP contribution >= 0.6 is 0 Å². The first kappa shape index (κ1) is 17.4. The molecule has 1 atom stereocenters. The van der Waals surface area contributed by atoms with Gasteiger partial charge in [-0.2, -0.15) is 0 Å². The maximum absolute atomic E-state index is 12.6. The molecule has 1 amide bonds. The number of rotatable bonds is 5. The van der Waals surface area contributed by atoms with Crippen LogP contribution in [0.2, 0.25) is 0 Å². The summed E-state index contributed by atoms with van der Waals surface area (Å²) in [5.74, 6) is -0.167. The topological polar surface area (TPSA) is 76.1 Å². The zero-order valence-electron chi connectivity index (χ0n) is 13.8. The molecule has 0 bridgehead atoms. The molecule has 2 aromatic rings. The van der Waals surface area contributed by atoms with E-state index < -0.39 is 15.9 Å². The van der Waals surface area contributed by atoms with Crippen LogP contribution in [0.4, 0.5) is 0 Å². The van der Waals surface area contributed by atoms with E-state index >= 15 is 0 Å². The van der Waals surface area contributed by atoms with Gasteiger partial charge in [0, 0.05) is 23.4 Å². The van der Waals surface area contributed by atoms with Crippen LogP contribution in [0.15, 0.2) is 30.3 Å². The van der Waals surface area contributed by atoms with Crippen molar-refractivity contribution in [3.8, 4) is 0 Å². The monoisotopic (exact) mass is 334 g/mol. The van der Waals surface area contributed by atoms with E-state index in [9.17, 15) is 13.2 Å². The van der Waals surface area contributed by atoms with Gasteiger partial charge in [0.1, 0.15) is 9.84 Å². The van der Waals surface area contributed by atoms with Gasteiger partial charge < -0.3 is 5.32 Å². The first-order valence-corrected chi connectivity index (χ1v) is 9.61. The zero-order chi connectivity index (χ0) is 17.2. The largest absolute Gasteiger partial charge is 0.349 e. The molecule has 0 aliphatic rings. The van der Waals surface area contributed by atoms with Gasteiger partial charge in [0.05, 0.1) is 16.8 Å². The van der Waals surface area contributed by atoms with Crippen LogP contribution in [0.5, 0.6) is 0 Å². The van der Waals surface area contributed by atoms with Gasteiger partial charge in [-0.05, 0) is 25.0 Å². The molecule has 2 rings (SSSR count). The molecule has 0 radical (unpaired) electrons. The smallest absolute Gasteiger partial charge is 0.252 e. The van der Waals surface area contributed by atoms with Crippen molar-refractivity contribution in [2.45, 2.75) is 32.7 Å². The zero-order valence-corrected chi connectivity index (χ0v) is 14.6. The van der Waals surface area contributed by atoms with Gasteiger partial charge in [-0.3, -0.25) is 9.78 Å². The highest BCUT2D eigenvalue weighted by molar-refractivity contribution is 7.90. The Kier molecular flexibility index (Phi) is 5.04. The summed E-state index contributed by atoms with van der Waals surface area (Å²) in [6.07, 6.45) is 1.16. The standard InChI is InChI=1S/C17H22N2O3S/c1-11(2)16-9-14(13-7-5-6-8-15(13)19-16)17(20)18-12(3)10-23(4,21)22/h5-9,11-12H,10H2,1-4H3,(H,18,20)/t12-/m1/s1. The third-order valence-electron chi connectivity index (χ3n) is 3.50. The molecule has 5 nitrogen and oxygen atoms in total. The van der Waals surface area contributed by atoms with E-state index in [0.717, 1.165) is 22.9 Å². The second kappa shape index (κ2) is 6.66. The molecule has 6 heteroatoms. The predicted molar refractivity (Wildman–Crippen MR) is 92.5 cm³/mol. The summed E-state index contributed by atoms with van der Waals surface area (Å²) in [5, 5.41) is 3.53. The number of carbonyl (C=O) groups is 1. The van der Waals surface area contributed by atoms with Gasteiger partial charge in [-0.25, -0.2) is 8.42 Å². The molecule has 1 heterocycles. The van der Waals surface area contributed by atoms with E-state index in [1.807, 2.05) is 38.1 Å². The maximum Gasteiger partial charge on any atom is 0.252 e. The van der Waals surface area contributed by atoms with Gasteiger partial charge >= 0.3 is 0 Å². The molecule has 1 N–H and O–H groups in total. The predicted octanol–water partition coefficient (Wildman–Crippen LogP) is 2.52. The molecule has 0 saturated carbocycles. The second-order valence-corrected chi connectivity index (χ2v) is 8.42. The van der Waals surface area contributed by atoms with Crippen molar-refractivity contribution in [3.63, 3.8) is 0 Å². The summed E-state index contributed by atoms with van der Waals surface area (Å²) in [4.78, 5) is 17.2. The quantitative estimate of drug-likeness (QED) is 0.911. The van der Waals surface area contributed by atoms with Crippen LogP contribution in [-0.4, -0.2) is 37.4 Å². The van der Waals surface area contributed by atoms with Gasteiger partial charge in [-0.15, -0.1) is 0 Å². The highest BCUT2D eigenvalue weighted by atomic mass is 32.2. The van der Waals surface area contributed by atoms with E-state index in [0.29, 0.717) is 5.56 Å². The summed E-state index contributed by atoms with van der Waals surface area (Å²) in [5.41, 5.74) is 2.13. The van der Waals surface area contributed by atoms with E-state index in [4.69, 9.17) is 0 Å².